The largest absolute Gasteiger partial charge is 0.347 e. The fourth-order valence-corrected chi connectivity index (χ4v) is 5.63. The lowest BCUT2D eigenvalue weighted by Gasteiger charge is -2.55. The van der Waals surface area contributed by atoms with Crippen LogP contribution in [0.3, 0.4) is 0 Å². The second-order valence-electron chi connectivity index (χ2n) is 7.68. The van der Waals surface area contributed by atoms with Crippen LogP contribution in [0.2, 0.25) is 0 Å². The fourth-order valence-electron chi connectivity index (χ4n) is 5.63. The Morgan fingerprint density at radius 1 is 1.16 bits per heavy atom. The highest BCUT2D eigenvalue weighted by Crippen LogP contribution is 2.59. The maximum Gasteiger partial charge on any atom is 0.171 e. The van der Waals surface area contributed by atoms with Gasteiger partial charge in [0.1, 0.15) is 5.82 Å². The number of H-pyrrole nitrogens is 1. The summed E-state index contributed by atoms with van der Waals surface area (Å²) < 4.78 is 25.8. The number of fused-ring (bicyclic) bond motifs is 3. The normalized spacial score (nSPS) is 33.2. The molecule has 0 amide bonds. The molecule has 0 bridgehead atoms. The number of nitrogens with zero attached hydrogens (tertiary/aromatic N) is 1. The summed E-state index contributed by atoms with van der Waals surface area (Å²) in [5.41, 5.74) is 3.39. The van der Waals surface area contributed by atoms with Crippen molar-refractivity contribution in [2.45, 2.75) is 43.8 Å². The first-order valence-corrected chi connectivity index (χ1v) is 9.23. The first-order valence-electron chi connectivity index (χ1n) is 9.23. The molecule has 132 valence electrons. The van der Waals surface area contributed by atoms with E-state index in [0.717, 1.165) is 36.9 Å². The highest BCUT2D eigenvalue weighted by Gasteiger charge is 2.60. The van der Waals surface area contributed by atoms with Gasteiger partial charge in [0.15, 0.2) is 5.79 Å². The Hall–Kier alpha value is -1.72. The van der Waals surface area contributed by atoms with Crippen molar-refractivity contribution in [2.24, 2.45) is 11.8 Å². The second kappa shape index (κ2) is 5.39. The Morgan fingerprint density at radius 2 is 1.92 bits per heavy atom. The maximum absolute atomic E-state index is 13.6. The van der Waals surface area contributed by atoms with Crippen molar-refractivity contribution in [1.82, 2.24) is 10.2 Å². The molecule has 1 N–H and O–H groups in total. The van der Waals surface area contributed by atoms with Crippen LogP contribution in [0.15, 0.2) is 30.5 Å². The van der Waals surface area contributed by atoms with E-state index in [-0.39, 0.29) is 17.2 Å². The number of nitrogens with one attached hydrogen (secondary N) is 1. The van der Waals surface area contributed by atoms with E-state index in [9.17, 15) is 4.39 Å². The monoisotopic (exact) mass is 342 g/mol. The van der Waals surface area contributed by atoms with Gasteiger partial charge in [-0.3, -0.25) is 5.10 Å². The molecule has 3 aliphatic rings. The fraction of sp³-hybridized carbons (Fsp3) is 0.550. The number of halogens is 1. The van der Waals surface area contributed by atoms with Crippen LogP contribution in [0.1, 0.15) is 43.0 Å². The van der Waals surface area contributed by atoms with E-state index < -0.39 is 5.79 Å². The van der Waals surface area contributed by atoms with Crippen LogP contribution in [0, 0.1) is 17.7 Å². The first-order chi connectivity index (χ1) is 12.2. The second-order valence-corrected chi connectivity index (χ2v) is 7.68. The zero-order chi connectivity index (χ0) is 17.1. The summed E-state index contributed by atoms with van der Waals surface area (Å²) in [5.74, 6) is -0.0287. The SMILES string of the molecule is C[C@H]1[C@@H]2CCc3c[nH]nc3[C@@]2(c2ccc(F)cc2)CCC12OCCO2. The van der Waals surface area contributed by atoms with Gasteiger partial charge in [0, 0.05) is 24.0 Å². The van der Waals surface area contributed by atoms with Crippen LogP contribution < -0.4 is 0 Å². The van der Waals surface area contributed by atoms with Crippen LogP contribution >= 0.6 is 0 Å². The Labute approximate surface area is 146 Å². The average molecular weight is 342 g/mol. The number of benzene rings is 1. The van der Waals surface area contributed by atoms with E-state index in [0.29, 0.717) is 19.1 Å². The van der Waals surface area contributed by atoms with Gasteiger partial charge in [-0.05, 0) is 48.4 Å². The van der Waals surface area contributed by atoms with Crippen molar-refractivity contribution in [3.8, 4) is 0 Å². The summed E-state index contributed by atoms with van der Waals surface area (Å²) in [6, 6.07) is 7.01. The van der Waals surface area contributed by atoms with Gasteiger partial charge in [-0.25, -0.2) is 4.39 Å². The number of aromatic nitrogens is 2. The van der Waals surface area contributed by atoms with E-state index >= 15 is 0 Å². The molecule has 1 saturated carbocycles. The van der Waals surface area contributed by atoms with Gasteiger partial charge in [-0.2, -0.15) is 5.10 Å². The Balaban J connectivity index is 1.67. The molecule has 0 unspecified atom stereocenters. The van der Waals surface area contributed by atoms with E-state index in [1.165, 1.54) is 5.56 Å². The Morgan fingerprint density at radius 3 is 2.68 bits per heavy atom. The van der Waals surface area contributed by atoms with Crippen molar-refractivity contribution in [2.75, 3.05) is 13.2 Å². The molecule has 1 aromatic carbocycles. The molecule has 1 spiro atoms. The number of hydrogen-bond donors (Lipinski definition) is 1. The zero-order valence-corrected chi connectivity index (χ0v) is 14.4. The Kier molecular flexibility index (Phi) is 3.35. The quantitative estimate of drug-likeness (QED) is 0.862. The summed E-state index contributed by atoms with van der Waals surface area (Å²) in [5, 5.41) is 7.73. The molecule has 4 nitrogen and oxygen atoms in total. The first kappa shape index (κ1) is 15.5. The number of hydrogen-bond acceptors (Lipinski definition) is 3. The van der Waals surface area contributed by atoms with Gasteiger partial charge in [0.2, 0.25) is 0 Å². The molecule has 5 heteroatoms. The number of aromatic amines is 1. The summed E-state index contributed by atoms with van der Waals surface area (Å²) in [6.45, 7) is 3.60. The number of rotatable bonds is 1. The predicted octanol–water partition coefficient (Wildman–Crippen LogP) is 3.57. The van der Waals surface area contributed by atoms with Crippen molar-refractivity contribution in [3.63, 3.8) is 0 Å². The number of aryl methyl sites for hydroxylation is 1. The lowest BCUT2D eigenvalue weighted by Crippen LogP contribution is -2.56. The van der Waals surface area contributed by atoms with Crippen molar-refractivity contribution >= 4 is 0 Å². The van der Waals surface area contributed by atoms with Gasteiger partial charge in [-0.1, -0.05) is 19.1 Å². The van der Waals surface area contributed by atoms with Gasteiger partial charge in [0.25, 0.3) is 0 Å². The minimum Gasteiger partial charge on any atom is -0.347 e. The molecule has 1 aliphatic heterocycles. The van der Waals surface area contributed by atoms with Gasteiger partial charge < -0.3 is 9.47 Å². The van der Waals surface area contributed by atoms with Crippen molar-refractivity contribution in [3.05, 3.63) is 53.1 Å². The average Bonchev–Trinajstić information content (AvgIpc) is 3.29. The molecule has 1 saturated heterocycles. The third-order valence-corrected chi connectivity index (χ3v) is 6.80. The van der Waals surface area contributed by atoms with Gasteiger partial charge in [-0.15, -0.1) is 0 Å². The van der Waals surface area contributed by atoms with Crippen LogP contribution in [0.4, 0.5) is 4.39 Å². The zero-order valence-electron chi connectivity index (χ0n) is 14.4. The minimum absolute atomic E-state index is 0.193. The molecular formula is C20H23FN2O2. The molecule has 5 rings (SSSR count). The van der Waals surface area contributed by atoms with Gasteiger partial charge in [0.05, 0.1) is 18.9 Å². The van der Waals surface area contributed by atoms with Crippen LogP contribution in [0.5, 0.6) is 0 Å². The molecule has 3 atom stereocenters. The van der Waals surface area contributed by atoms with Crippen LogP contribution in [-0.4, -0.2) is 29.2 Å². The molecular weight excluding hydrogens is 319 g/mol. The van der Waals surface area contributed by atoms with Crippen molar-refractivity contribution in [1.29, 1.82) is 0 Å². The van der Waals surface area contributed by atoms with E-state index in [1.54, 1.807) is 12.1 Å². The maximum atomic E-state index is 13.6. The van der Waals surface area contributed by atoms with E-state index in [1.807, 2.05) is 18.3 Å². The summed E-state index contributed by atoms with van der Waals surface area (Å²) in [4.78, 5) is 0. The van der Waals surface area contributed by atoms with Crippen LogP contribution in [-0.2, 0) is 21.3 Å². The van der Waals surface area contributed by atoms with Crippen LogP contribution in [0.25, 0.3) is 0 Å². The third-order valence-electron chi connectivity index (χ3n) is 6.80. The molecule has 25 heavy (non-hydrogen) atoms. The molecule has 2 aromatic rings. The highest BCUT2D eigenvalue weighted by atomic mass is 19.1. The number of ether oxygens (including phenoxy) is 2. The molecule has 2 fully saturated rings. The molecule has 1 aromatic heterocycles. The third kappa shape index (κ3) is 2.02. The van der Waals surface area contributed by atoms with Gasteiger partial charge >= 0.3 is 0 Å². The minimum atomic E-state index is -0.456. The predicted molar refractivity (Wildman–Crippen MR) is 90.6 cm³/mol. The molecule has 2 aliphatic carbocycles. The summed E-state index contributed by atoms with van der Waals surface area (Å²) in [7, 11) is 0. The molecule has 0 radical (unpaired) electrons. The van der Waals surface area contributed by atoms with Crippen molar-refractivity contribution < 1.29 is 13.9 Å². The summed E-state index contributed by atoms with van der Waals surface area (Å²) >= 11 is 0. The summed E-state index contributed by atoms with van der Waals surface area (Å²) in [6.07, 6.45) is 5.85. The van der Waals surface area contributed by atoms with E-state index in [4.69, 9.17) is 9.47 Å². The lowest BCUT2D eigenvalue weighted by molar-refractivity contribution is -0.232. The highest BCUT2D eigenvalue weighted by molar-refractivity contribution is 5.44. The standard InChI is InChI=1S/C20H23FN2O2/c1-13-17-7-2-14-12-22-23-18(14)19(17,15-3-5-16(21)6-4-15)8-9-20(13)24-10-11-25-20/h3-6,12-13,17H,2,7-11H2,1H3,(H,22,23)/t13-,17-,19+/m0/s1. The molecule has 2 heterocycles. The Bertz CT molecular complexity index is 781. The smallest absolute Gasteiger partial charge is 0.171 e. The topological polar surface area (TPSA) is 47.1 Å². The lowest BCUT2D eigenvalue weighted by atomic mass is 9.52. The van der Waals surface area contributed by atoms with E-state index in [2.05, 4.69) is 17.1 Å².